The van der Waals surface area contributed by atoms with E-state index >= 15 is 0 Å². The van der Waals surface area contributed by atoms with Gasteiger partial charge in [0, 0.05) is 17.9 Å². The first kappa shape index (κ1) is 24.4. The molecule has 0 saturated carbocycles. The minimum atomic E-state index is -4.84. The monoisotopic (exact) mass is 514 g/mol. The highest BCUT2D eigenvalue weighted by molar-refractivity contribution is 7.98. The zero-order valence-electron chi connectivity index (χ0n) is 17.1. The maximum Gasteiger partial charge on any atom is 0.469 e. The zero-order valence-corrected chi connectivity index (χ0v) is 18.8. The van der Waals surface area contributed by atoms with Gasteiger partial charge in [-0.3, -0.25) is 19.2 Å². The molecule has 0 bridgehead atoms. The van der Waals surface area contributed by atoms with Gasteiger partial charge in [0.05, 0.1) is 11.5 Å². The van der Waals surface area contributed by atoms with Gasteiger partial charge in [-0.1, -0.05) is 23.9 Å². The predicted molar refractivity (Wildman–Crippen MR) is 116 cm³/mol. The van der Waals surface area contributed by atoms with Crippen molar-refractivity contribution >= 4 is 42.3 Å². The van der Waals surface area contributed by atoms with Crippen LogP contribution in [-0.2, 0) is 19.6 Å². The molecule has 17 heteroatoms. The molecule has 6 N–H and O–H groups in total. The maximum absolute atomic E-state index is 11.0. The van der Waals surface area contributed by atoms with E-state index in [1.54, 1.807) is 12.1 Å². The molecule has 2 aromatic heterocycles. The number of rotatable bonds is 8. The first-order valence-corrected chi connectivity index (χ1v) is 12.1. The number of ether oxygens (including phenoxy) is 1. The van der Waals surface area contributed by atoms with Gasteiger partial charge >= 0.3 is 7.82 Å². The van der Waals surface area contributed by atoms with Crippen LogP contribution in [0.2, 0.25) is 0 Å². The van der Waals surface area contributed by atoms with E-state index in [1.807, 2.05) is 0 Å². The van der Waals surface area contributed by atoms with Gasteiger partial charge in [-0.2, -0.15) is 0 Å². The van der Waals surface area contributed by atoms with Crippen LogP contribution in [0.3, 0.4) is 0 Å². The van der Waals surface area contributed by atoms with E-state index in [-0.39, 0.29) is 33.6 Å². The molecule has 0 aliphatic carbocycles. The summed E-state index contributed by atoms with van der Waals surface area (Å²) in [6.45, 7) is -0.682. The first-order valence-electron chi connectivity index (χ1n) is 9.61. The third-order valence-corrected chi connectivity index (χ3v) is 6.47. The molecule has 1 fully saturated rings. The third-order valence-electron chi connectivity index (χ3n) is 4.96. The van der Waals surface area contributed by atoms with Crippen molar-refractivity contribution in [2.45, 2.75) is 35.4 Å². The van der Waals surface area contributed by atoms with Crippen LogP contribution in [0.15, 0.2) is 35.7 Å². The molecule has 15 nitrogen and oxygen atoms in total. The van der Waals surface area contributed by atoms with E-state index < -0.39 is 43.9 Å². The summed E-state index contributed by atoms with van der Waals surface area (Å²) in [5, 5.41) is 32.3. The van der Waals surface area contributed by atoms with Gasteiger partial charge in [-0.25, -0.2) is 19.5 Å². The van der Waals surface area contributed by atoms with E-state index in [4.69, 9.17) is 20.3 Å². The predicted octanol–water partition coefficient (Wildman–Crippen LogP) is 0.337. The van der Waals surface area contributed by atoms with Crippen LogP contribution >= 0.6 is 19.6 Å². The van der Waals surface area contributed by atoms with Crippen molar-refractivity contribution in [1.82, 2.24) is 19.5 Å². The Balaban J connectivity index is 1.66. The number of non-ortho nitro benzene ring substituents is 1. The average Bonchev–Trinajstić information content (AvgIpc) is 3.28. The number of fused-ring (bicyclic) bond motifs is 1. The zero-order chi connectivity index (χ0) is 24.6. The number of nitrogens with zero attached hydrogens (tertiary/aromatic N) is 5. The van der Waals surface area contributed by atoms with Crippen LogP contribution in [0.5, 0.6) is 0 Å². The molecule has 1 unspecified atom stereocenters. The Kier molecular flexibility index (Phi) is 6.84. The lowest BCUT2D eigenvalue weighted by atomic mass is 10.1. The molecule has 4 rings (SSSR count). The molecule has 34 heavy (non-hydrogen) atoms. The number of nitro benzene ring substituents is 1. The summed E-state index contributed by atoms with van der Waals surface area (Å²) in [4.78, 5) is 40.8. The Morgan fingerprint density at radius 3 is 2.76 bits per heavy atom. The summed E-state index contributed by atoms with van der Waals surface area (Å²) in [7, 11) is -4.84. The largest absolute Gasteiger partial charge is 0.469 e. The topological polar surface area (TPSA) is 229 Å². The average molecular weight is 514 g/mol. The number of phosphoric acid groups is 1. The molecular weight excluding hydrogens is 495 g/mol. The summed E-state index contributed by atoms with van der Waals surface area (Å²) in [5.74, 6) is 0.296. The molecule has 1 aliphatic heterocycles. The number of nitrogen functional groups attached to an aromatic ring is 1. The molecule has 3 aromatic rings. The first-order chi connectivity index (χ1) is 16.0. The molecule has 1 aliphatic rings. The van der Waals surface area contributed by atoms with Gasteiger partial charge in [0.2, 0.25) is 0 Å². The van der Waals surface area contributed by atoms with Crippen LogP contribution in [-0.4, -0.2) is 69.4 Å². The Hall–Kier alpha value is -2.69. The molecule has 0 radical (unpaired) electrons. The van der Waals surface area contributed by atoms with E-state index in [0.717, 1.165) is 11.8 Å². The maximum atomic E-state index is 11.0. The molecule has 1 aromatic carbocycles. The number of benzene rings is 1. The SMILES string of the molecule is Nc1ncnc2c1nc(SCc1cccc([N+](=O)[O-])c1)n2C1O[C@H](COP(=O)(O)O)[C@@H](O)[C@H]1O. The second-order valence-corrected chi connectivity index (χ2v) is 9.43. The second kappa shape index (κ2) is 9.52. The number of thioether (sulfide) groups is 1. The summed E-state index contributed by atoms with van der Waals surface area (Å²) in [6.07, 6.45) is -4.41. The summed E-state index contributed by atoms with van der Waals surface area (Å²) >= 11 is 1.14. The molecule has 1 saturated heterocycles. The number of nitrogens with two attached hydrogens (primary N) is 1. The lowest BCUT2D eigenvalue weighted by Crippen LogP contribution is -2.33. The van der Waals surface area contributed by atoms with Crippen molar-refractivity contribution in [1.29, 1.82) is 0 Å². The smallest absolute Gasteiger partial charge is 0.387 e. The van der Waals surface area contributed by atoms with Gasteiger partial charge in [0.25, 0.3) is 5.69 Å². The van der Waals surface area contributed by atoms with E-state index in [1.165, 1.54) is 23.0 Å². The standard InChI is InChI=1S/C17H19N6O9PS/c18-14-11-15(20-7-19-14)22(16-13(25)12(24)10(32-16)5-31-33(28,29)30)17(21-11)34-6-8-2-1-3-9(4-8)23(26)27/h1-4,7,10,12-13,16,24-25H,5-6H2,(H2,18,19,20)(H2,28,29,30)/t10-,12-,13-,16?/m1/s1. The van der Waals surface area contributed by atoms with Gasteiger partial charge < -0.3 is 30.5 Å². The number of hydrogen-bond donors (Lipinski definition) is 5. The normalized spacial score (nSPS) is 22.9. The van der Waals surface area contributed by atoms with Crippen molar-refractivity contribution in [3.05, 3.63) is 46.3 Å². The summed E-state index contributed by atoms with van der Waals surface area (Å²) in [5.41, 5.74) is 6.84. The minimum Gasteiger partial charge on any atom is -0.387 e. The number of aliphatic hydroxyl groups excluding tert-OH is 2. The van der Waals surface area contributed by atoms with Crippen LogP contribution in [0.1, 0.15) is 11.8 Å². The second-order valence-electron chi connectivity index (χ2n) is 7.24. The van der Waals surface area contributed by atoms with Crippen LogP contribution < -0.4 is 5.73 Å². The number of phosphoric ester groups is 1. The van der Waals surface area contributed by atoms with Gasteiger partial charge in [-0.05, 0) is 5.56 Å². The molecule has 182 valence electrons. The van der Waals surface area contributed by atoms with Crippen molar-refractivity contribution < 1.29 is 38.7 Å². The van der Waals surface area contributed by atoms with E-state index in [2.05, 4.69) is 19.5 Å². The number of anilines is 1. The number of aliphatic hydroxyl groups is 2. The lowest BCUT2D eigenvalue weighted by molar-refractivity contribution is -0.384. The fraction of sp³-hybridized carbons (Fsp3) is 0.353. The van der Waals surface area contributed by atoms with Crippen LogP contribution in [0.4, 0.5) is 11.5 Å². The van der Waals surface area contributed by atoms with Crippen molar-refractivity contribution in [2.24, 2.45) is 0 Å². The molecule has 3 heterocycles. The Bertz CT molecular complexity index is 1270. The molecule has 0 amide bonds. The Labute approximate surface area is 195 Å². The van der Waals surface area contributed by atoms with Gasteiger partial charge in [0.15, 0.2) is 28.4 Å². The number of imidazole rings is 1. The van der Waals surface area contributed by atoms with Crippen LogP contribution in [0.25, 0.3) is 11.2 Å². The Morgan fingerprint density at radius 1 is 1.29 bits per heavy atom. The number of hydrogen-bond acceptors (Lipinski definition) is 12. The lowest BCUT2D eigenvalue weighted by Gasteiger charge is -2.19. The van der Waals surface area contributed by atoms with Gasteiger partial charge in [-0.15, -0.1) is 0 Å². The minimum absolute atomic E-state index is 0.0513. The molecule has 4 atom stereocenters. The van der Waals surface area contributed by atoms with E-state index in [9.17, 15) is 24.9 Å². The summed E-state index contributed by atoms with van der Waals surface area (Å²) < 4.78 is 22.5. The van der Waals surface area contributed by atoms with Crippen LogP contribution in [0, 0.1) is 10.1 Å². The quantitative estimate of drug-likeness (QED) is 0.118. The highest BCUT2D eigenvalue weighted by Gasteiger charge is 2.46. The summed E-state index contributed by atoms with van der Waals surface area (Å²) in [6, 6.07) is 6.02. The fourth-order valence-corrected chi connectivity index (χ4v) is 4.70. The number of nitro groups is 1. The molecule has 0 spiro atoms. The fourth-order valence-electron chi connectivity index (χ4n) is 3.40. The van der Waals surface area contributed by atoms with Crippen molar-refractivity contribution in [3.63, 3.8) is 0 Å². The highest BCUT2D eigenvalue weighted by atomic mass is 32.2. The third kappa shape index (κ3) is 5.03. The number of aromatic nitrogens is 4. The molecular formula is C17H19N6O9PS. The highest BCUT2D eigenvalue weighted by Crippen LogP contribution is 2.40. The van der Waals surface area contributed by atoms with Crippen molar-refractivity contribution in [2.75, 3.05) is 12.3 Å². The van der Waals surface area contributed by atoms with E-state index in [0.29, 0.717) is 5.56 Å². The van der Waals surface area contributed by atoms with Crippen molar-refractivity contribution in [3.8, 4) is 0 Å². The Morgan fingerprint density at radius 2 is 2.06 bits per heavy atom. The van der Waals surface area contributed by atoms with Gasteiger partial charge in [0.1, 0.15) is 24.6 Å².